The fourth-order valence-electron chi connectivity index (χ4n) is 14.4. The van der Waals surface area contributed by atoms with Crippen LogP contribution in [-0.2, 0) is 0 Å². The Hall–Kier alpha value is -12.0. The van der Waals surface area contributed by atoms with Crippen LogP contribution in [0, 0.1) is 41.5 Å². The highest BCUT2D eigenvalue weighted by Gasteiger charge is 2.37. The summed E-state index contributed by atoms with van der Waals surface area (Å²) in [5, 5.41) is 2.36. The molecule has 6 atom stereocenters. The summed E-state index contributed by atoms with van der Waals surface area (Å²) in [6.07, 6.45) is 12.9. The molecule has 10 heterocycles. The van der Waals surface area contributed by atoms with Crippen molar-refractivity contribution in [2.45, 2.75) is 120 Å². The third kappa shape index (κ3) is 14.2. The molecule has 17 nitrogen and oxygen atoms in total. The first-order valence-corrected chi connectivity index (χ1v) is 36.0. The Bertz CT molecular complexity index is 5310. The Kier molecular flexibility index (Phi) is 16.5. The molecule has 107 heavy (non-hydrogen) atoms. The van der Waals surface area contributed by atoms with Crippen LogP contribution >= 0.6 is 0 Å². The smallest absolute Gasteiger partial charge is 0.178 e. The van der Waals surface area contributed by atoms with Gasteiger partial charge in [-0.1, -0.05) is 133 Å². The predicted octanol–water partition coefficient (Wildman–Crippen LogP) is 20.3. The van der Waals surface area contributed by atoms with Gasteiger partial charge >= 0.3 is 0 Å². The molecule has 0 amide bonds. The second kappa shape index (κ2) is 31.4. The third-order valence-electron chi connectivity index (χ3n) is 20.5. The van der Waals surface area contributed by atoms with E-state index in [4.69, 9.17) is 25.0 Å². The summed E-state index contributed by atoms with van der Waals surface area (Å²) in [4.78, 5) is 38.8. The highest BCUT2D eigenvalue weighted by atomic mass is 16.3. The Morgan fingerprint density at radius 2 is 0.692 bits per heavy atom. The van der Waals surface area contributed by atoms with Crippen LogP contribution in [0.15, 0.2) is 260 Å². The van der Waals surface area contributed by atoms with Crippen molar-refractivity contribution in [1.82, 2.24) is 29.7 Å². The molecule has 6 aliphatic heterocycles. The lowest BCUT2D eigenvalue weighted by Crippen LogP contribution is -2.36. The lowest BCUT2D eigenvalue weighted by molar-refractivity contribution is 0.383. The molecule has 0 bridgehead atoms. The quantitative estimate of drug-likeness (QED) is 0.158. The number of pyridine rings is 2. The molecule has 0 saturated carbocycles. The van der Waals surface area contributed by atoms with Crippen molar-refractivity contribution in [3.63, 3.8) is 0 Å². The number of aromatic nitrogens is 4. The molecule has 0 N–H and O–H groups in total. The Balaban J connectivity index is 0.000000126. The van der Waals surface area contributed by atoms with E-state index >= 15 is 0 Å². The summed E-state index contributed by atoms with van der Waals surface area (Å²) in [6.45, 7) is 12.9. The molecule has 8 aromatic carbocycles. The summed E-state index contributed by atoms with van der Waals surface area (Å²) in [6, 6.07) is 67.3. The van der Waals surface area contributed by atoms with Crippen molar-refractivity contribution in [3.05, 3.63) is 289 Å². The maximum absolute atomic E-state index is 7.83. The predicted molar refractivity (Wildman–Crippen MR) is 449 cm³/mol. The Labute approximate surface area is 654 Å². The Morgan fingerprint density at radius 1 is 0.290 bits per heavy atom. The van der Waals surface area contributed by atoms with Crippen LogP contribution in [0.1, 0.15) is 95.5 Å². The standard InChI is InChI=1S/C18H18N2O.C16H18N2.2C15H17N3.C14H16N4.C12H16N2/c1-12-8-9-15-14-6-4-5-7-16(14)21-18(15)17(12)20-11-10-19(3)13(20)2;1-12-8-4-5-9-14(12)18-13(2)17(3)15-10-6-7-11-16(15)18;1-11-7-4-5-8-13(11)18-12(2)17(3)15-14(18)9-6-10-16-15;1-11-7-4-5-8-13(11)18-12(2)17(3)14-9-6-10-16-15(14)18;1-10-6-4-5-7-12(10)18-11(2)17(3)13-14(18)16-9-8-15-13;1-10-6-4-5-7-12(10)14-9-8-13(3)11(14)2/h4-11,13H,1-3H3;4-11,13H,1-3H3;2*4-10,12H,1-3H3;4-9,11H,1-3H3;4-9,11H,1-3H3/i;5*3D3. The molecule has 17 heteroatoms. The molecule has 18 rings (SSSR count). The van der Waals surface area contributed by atoms with Gasteiger partial charge in [0.2, 0.25) is 0 Å². The van der Waals surface area contributed by atoms with Crippen LogP contribution in [0.25, 0.3) is 21.9 Å². The second-order valence-electron chi connectivity index (χ2n) is 27.3. The number of hydrogen-bond donors (Lipinski definition) is 0. The second-order valence-corrected chi connectivity index (χ2v) is 27.3. The molecular formula is C90H102N16O. The van der Waals surface area contributed by atoms with Crippen LogP contribution in [0.3, 0.4) is 0 Å². The average Bonchev–Trinajstić information content (AvgIpc) is 1.62. The molecule has 548 valence electrons. The molecule has 6 unspecified atom stereocenters. The molecule has 0 radical (unpaired) electrons. The molecule has 0 fully saturated rings. The number of anilines is 14. The molecule has 12 aromatic rings. The van der Waals surface area contributed by atoms with E-state index in [0.29, 0.717) is 35.1 Å². The molecule has 0 spiro atoms. The van der Waals surface area contributed by atoms with Crippen molar-refractivity contribution in [2.24, 2.45) is 0 Å². The maximum atomic E-state index is 7.83. The van der Waals surface area contributed by atoms with E-state index in [1.165, 1.54) is 47.0 Å². The summed E-state index contributed by atoms with van der Waals surface area (Å²) in [7, 11) is 2.09. The van der Waals surface area contributed by atoms with Gasteiger partial charge in [0.15, 0.2) is 28.9 Å². The summed E-state index contributed by atoms with van der Waals surface area (Å²) >= 11 is 0. The van der Waals surface area contributed by atoms with Gasteiger partial charge < -0.3 is 63.2 Å². The summed E-state index contributed by atoms with van der Waals surface area (Å²) in [5.74, 6) is 2.17. The largest absolute Gasteiger partial charge is 0.454 e. The van der Waals surface area contributed by atoms with Crippen LogP contribution < -0.4 is 49.0 Å². The zero-order chi connectivity index (χ0) is 88.0. The minimum atomic E-state index is -2.26. The van der Waals surface area contributed by atoms with E-state index in [1.54, 1.807) is 30.9 Å². The number of para-hydroxylation sites is 8. The average molecular weight is 1440 g/mol. The van der Waals surface area contributed by atoms with Crippen molar-refractivity contribution >= 4 is 102 Å². The SMILES string of the molecule is Cc1ccc2c(oc3ccccc32)c1N1C=CN(C)C1C.[2H]C([2H])([2H])N1C=CN(c2ccccc2C)C1C.[2H]C([2H])([2H])N1c2ccccc2N(c2ccccc2C)C1C.[2H]C([2H])([2H])N1c2cccnc2N(c2ccccc2C)C1C.[2H]C([2H])([2H])N1c2ncccc2N(c2ccccc2C)C1C.[2H]C([2H])([2H])N1c2nccnc2N(c2ccccc2C)C1C. The normalized spacial score (nSPS) is 21.1. The van der Waals surface area contributed by atoms with Gasteiger partial charge in [-0.2, -0.15) is 0 Å². The summed E-state index contributed by atoms with van der Waals surface area (Å²) < 4.78 is 122. The first-order valence-electron chi connectivity index (χ1n) is 43.5. The first kappa shape index (κ1) is 56.4. The van der Waals surface area contributed by atoms with E-state index in [1.807, 2.05) is 271 Å². The van der Waals surface area contributed by atoms with Gasteiger partial charge in [0.25, 0.3) is 0 Å². The van der Waals surface area contributed by atoms with Gasteiger partial charge in [-0.15, -0.1) is 0 Å². The fraction of sp³-hybridized carbons (Fsp3) is 0.267. The number of nitrogens with zero attached hydrogens (tertiary/aromatic N) is 16. The van der Waals surface area contributed by atoms with Crippen LogP contribution in [-0.4, -0.2) is 109 Å². The highest BCUT2D eigenvalue weighted by Crippen LogP contribution is 2.47. The van der Waals surface area contributed by atoms with Crippen molar-refractivity contribution in [1.29, 1.82) is 0 Å². The molecule has 0 aliphatic carbocycles. The van der Waals surface area contributed by atoms with Crippen molar-refractivity contribution in [3.8, 4) is 0 Å². The zero-order valence-electron chi connectivity index (χ0n) is 77.8. The molecule has 6 aliphatic rings. The van der Waals surface area contributed by atoms with E-state index in [0.717, 1.165) is 90.2 Å². The van der Waals surface area contributed by atoms with E-state index < -0.39 is 34.9 Å². The highest BCUT2D eigenvalue weighted by molar-refractivity contribution is 6.09. The molecular weight excluding hydrogens is 1320 g/mol. The number of rotatable bonds is 6. The number of hydrogen-bond acceptors (Lipinski definition) is 17. The Morgan fingerprint density at radius 3 is 1.24 bits per heavy atom. The number of benzene rings is 8. The van der Waals surface area contributed by atoms with Crippen molar-refractivity contribution < 1.29 is 25.0 Å². The fourth-order valence-corrected chi connectivity index (χ4v) is 14.4. The van der Waals surface area contributed by atoms with Gasteiger partial charge in [0, 0.05) is 151 Å². The van der Waals surface area contributed by atoms with Crippen LogP contribution in [0.5, 0.6) is 0 Å². The third-order valence-corrected chi connectivity index (χ3v) is 20.5. The first-order chi connectivity index (χ1) is 57.7. The van der Waals surface area contributed by atoms with E-state index in [9.17, 15) is 0 Å². The van der Waals surface area contributed by atoms with E-state index in [2.05, 4.69) is 92.2 Å². The van der Waals surface area contributed by atoms with Gasteiger partial charge in [-0.3, -0.25) is 0 Å². The van der Waals surface area contributed by atoms with Crippen molar-refractivity contribution in [2.75, 3.05) is 90.9 Å². The topological polar surface area (TPSA) is 104 Å². The van der Waals surface area contributed by atoms with Gasteiger partial charge in [-0.25, -0.2) is 19.9 Å². The summed E-state index contributed by atoms with van der Waals surface area (Å²) in [5.41, 5.74) is 18.0. The maximum Gasteiger partial charge on any atom is 0.178 e. The van der Waals surface area contributed by atoms with Crippen LogP contribution in [0.4, 0.5) is 80.1 Å². The number of aryl methyl sites for hydroxylation is 6. The minimum Gasteiger partial charge on any atom is -0.454 e. The van der Waals surface area contributed by atoms with Gasteiger partial charge in [0.1, 0.15) is 42.6 Å². The molecule has 4 aromatic heterocycles. The lowest BCUT2D eigenvalue weighted by atomic mass is 10.1. The van der Waals surface area contributed by atoms with Crippen LogP contribution in [0.2, 0.25) is 0 Å². The monoisotopic (exact) mass is 1440 g/mol. The lowest BCUT2D eigenvalue weighted by Gasteiger charge is -2.28. The zero-order valence-corrected chi connectivity index (χ0v) is 62.8. The van der Waals surface area contributed by atoms with Gasteiger partial charge in [0.05, 0.1) is 28.4 Å². The number of furan rings is 1. The van der Waals surface area contributed by atoms with E-state index in [-0.39, 0.29) is 30.8 Å². The number of fused-ring (bicyclic) bond motifs is 7. The molecule has 0 saturated heterocycles. The van der Waals surface area contributed by atoms with Gasteiger partial charge in [-0.05, 0) is 189 Å². The minimum absolute atomic E-state index is 0.191.